The van der Waals surface area contributed by atoms with Crippen LogP contribution in [0.5, 0.6) is 0 Å². The maximum atomic E-state index is 13.9. The minimum Gasteiger partial charge on any atom is -0.464 e. The summed E-state index contributed by atoms with van der Waals surface area (Å²) >= 11 is 0. The van der Waals surface area contributed by atoms with E-state index in [0.29, 0.717) is 24.2 Å². The predicted molar refractivity (Wildman–Crippen MR) is 86.7 cm³/mol. The van der Waals surface area contributed by atoms with E-state index in [1.54, 1.807) is 19.1 Å². The lowest BCUT2D eigenvalue weighted by Crippen LogP contribution is -2.40. The van der Waals surface area contributed by atoms with E-state index in [0.717, 1.165) is 0 Å². The van der Waals surface area contributed by atoms with Crippen molar-refractivity contribution in [3.05, 3.63) is 42.4 Å². The van der Waals surface area contributed by atoms with Gasteiger partial charge >= 0.3 is 11.8 Å². The molecule has 0 fully saturated rings. The number of hydrogen-bond acceptors (Lipinski definition) is 4. The average Bonchev–Trinajstić information content (AvgIpc) is 3.09. The first kappa shape index (κ1) is 17.7. The molecule has 0 saturated carbocycles. The Labute approximate surface area is 138 Å². The van der Waals surface area contributed by atoms with Gasteiger partial charge in [0, 0.05) is 18.2 Å². The van der Waals surface area contributed by atoms with Gasteiger partial charge in [-0.1, -0.05) is 0 Å². The second-order valence-corrected chi connectivity index (χ2v) is 5.37. The van der Waals surface area contributed by atoms with E-state index in [2.05, 4.69) is 10.6 Å². The second-order valence-electron chi connectivity index (χ2n) is 5.37. The number of aliphatic hydroxyl groups is 1. The first-order valence-electron chi connectivity index (χ1n) is 7.57. The molecule has 6 nitrogen and oxygen atoms in total. The Bertz CT molecular complexity index is 701. The summed E-state index contributed by atoms with van der Waals surface area (Å²) in [6.45, 7) is 1.73. The van der Waals surface area contributed by atoms with Crippen molar-refractivity contribution in [1.29, 1.82) is 0 Å². The minimum atomic E-state index is -0.957. The van der Waals surface area contributed by atoms with Gasteiger partial charge in [-0.15, -0.1) is 0 Å². The summed E-state index contributed by atoms with van der Waals surface area (Å²) in [6, 6.07) is 7.23. The molecular formula is C17H19FN2O4. The van der Waals surface area contributed by atoms with Crippen molar-refractivity contribution >= 4 is 17.5 Å². The fourth-order valence-corrected chi connectivity index (χ4v) is 2.16. The normalized spacial score (nSPS) is 11.8. The number of benzene rings is 1. The lowest BCUT2D eigenvalue weighted by Gasteiger charge is -2.13. The Kier molecular flexibility index (Phi) is 6.08. The van der Waals surface area contributed by atoms with Crippen LogP contribution in [0.2, 0.25) is 0 Å². The monoisotopic (exact) mass is 334 g/mol. The SMILES string of the molecule is CC(CCCO)NC(=O)C(=O)Nc1cc(-c2ccco2)ccc1F. The number of hydrogen-bond donors (Lipinski definition) is 3. The summed E-state index contributed by atoms with van der Waals surface area (Å²) < 4.78 is 19.1. The van der Waals surface area contributed by atoms with Gasteiger partial charge in [-0.2, -0.15) is 0 Å². The van der Waals surface area contributed by atoms with Crippen LogP contribution in [0.4, 0.5) is 10.1 Å². The van der Waals surface area contributed by atoms with Crippen molar-refractivity contribution in [2.45, 2.75) is 25.8 Å². The maximum absolute atomic E-state index is 13.9. The molecule has 24 heavy (non-hydrogen) atoms. The van der Waals surface area contributed by atoms with Gasteiger partial charge in [0.15, 0.2) is 0 Å². The van der Waals surface area contributed by atoms with Gasteiger partial charge in [0.05, 0.1) is 12.0 Å². The average molecular weight is 334 g/mol. The molecule has 1 atom stereocenters. The summed E-state index contributed by atoms with van der Waals surface area (Å²) in [4.78, 5) is 23.7. The Morgan fingerprint density at radius 1 is 1.29 bits per heavy atom. The third-order valence-corrected chi connectivity index (χ3v) is 3.40. The summed E-state index contributed by atoms with van der Waals surface area (Å²) in [5, 5.41) is 13.5. The van der Waals surface area contributed by atoms with Gasteiger partial charge in [0.25, 0.3) is 0 Å². The number of carbonyl (C=O) groups is 2. The lowest BCUT2D eigenvalue weighted by molar-refractivity contribution is -0.136. The zero-order valence-electron chi connectivity index (χ0n) is 13.2. The largest absolute Gasteiger partial charge is 0.464 e. The van der Waals surface area contributed by atoms with Crippen LogP contribution in [0.3, 0.4) is 0 Å². The van der Waals surface area contributed by atoms with Crippen LogP contribution in [0.25, 0.3) is 11.3 Å². The van der Waals surface area contributed by atoms with Crippen molar-refractivity contribution < 1.29 is 23.5 Å². The van der Waals surface area contributed by atoms with Crippen LogP contribution in [0.15, 0.2) is 41.0 Å². The molecule has 3 N–H and O–H groups in total. The number of rotatable bonds is 6. The number of anilines is 1. The van der Waals surface area contributed by atoms with Crippen molar-refractivity contribution in [2.75, 3.05) is 11.9 Å². The van der Waals surface area contributed by atoms with Gasteiger partial charge in [-0.05, 0) is 50.1 Å². The van der Waals surface area contributed by atoms with E-state index in [4.69, 9.17) is 9.52 Å². The van der Waals surface area contributed by atoms with E-state index in [-0.39, 0.29) is 18.3 Å². The molecule has 128 valence electrons. The van der Waals surface area contributed by atoms with Gasteiger partial charge < -0.3 is 20.2 Å². The third kappa shape index (κ3) is 4.66. The Morgan fingerprint density at radius 3 is 2.75 bits per heavy atom. The quantitative estimate of drug-likeness (QED) is 0.707. The van der Waals surface area contributed by atoms with E-state index in [9.17, 15) is 14.0 Å². The highest BCUT2D eigenvalue weighted by atomic mass is 19.1. The van der Waals surface area contributed by atoms with Crippen LogP contribution in [-0.4, -0.2) is 29.6 Å². The minimum absolute atomic E-state index is 0.0111. The molecule has 1 unspecified atom stereocenters. The topological polar surface area (TPSA) is 91.6 Å². The van der Waals surface area contributed by atoms with Crippen molar-refractivity contribution in [3.63, 3.8) is 0 Å². The number of furan rings is 1. The molecule has 0 aliphatic heterocycles. The molecule has 2 aromatic rings. The van der Waals surface area contributed by atoms with E-state index >= 15 is 0 Å². The van der Waals surface area contributed by atoms with E-state index in [1.165, 1.54) is 24.5 Å². The van der Waals surface area contributed by atoms with Crippen LogP contribution in [0.1, 0.15) is 19.8 Å². The Hall–Kier alpha value is -2.67. The highest BCUT2D eigenvalue weighted by Crippen LogP contribution is 2.25. The van der Waals surface area contributed by atoms with Gasteiger partial charge in [-0.3, -0.25) is 9.59 Å². The first-order chi connectivity index (χ1) is 11.5. The van der Waals surface area contributed by atoms with Crippen LogP contribution in [-0.2, 0) is 9.59 Å². The highest BCUT2D eigenvalue weighted by molar-refractivity contribution is 6.39. The van der Waals surface area contributed by atoms with Crippen molar-refractivity contribution in [2.24, 2.45) is 0 Å². The number of carbonyl (C=O) groups excluding carboxylic acids is 2. The van der Waals surface area contributed by atoms with Gasteiger partial charge in [-0.25, -0.2) is 4.39 Å². The highest BCUT2D eigenvalue weighted by Gasteiger charge is 2.18. The molecule has 0 aliphatic rings. The van der Waals surface area contributed by atoms with Crippen LogP contribution >= 0.6 is 0 Å². The van der Waals surface area contributed by atoms with Crippen molar-refractivity contribution in [1.82, 2.24) is 5.32 Å². The zero-order valence-corrected chi connectivity index (χ0v) is 13.2. The standard InChI is InChI=1S/C17H19FN2O4/c1-11(4-2-8-21)19-16(22)17(23)20-14-10-12(6-7-13(14)18)15-5-3-9-24-15/h3,5-7,9-11,21H,2,4,8H2,1H3,(H,19,22)(H,20,23). The zero-order chi connectivity index (χ0) is 17.5. The molecule has 2 amide bonds. The first-order valence-corrected chi connectivity index (χ1v) is 7.57. The smallest absolute Gasteiger partial charge is 0.313 e. The Morgan fingerprint density at radius 2 is 2.08 bits per heavy atom. The molecule has 1 aromatic heterocycles. The Balaban J connectivity index is 2.03. The second kappa shape index (κ2) is 8.26. The molecular weight excluding hydrogens is 315 g/mol. The molecule has 0 bridgehead atoms. The van der Waals surface area contributed by atoms with E-state index < -0.39 is 17.6 Å². The number of amides is 2. The number of nitrogens with one attached hydrogen (secondary N) is 2. The fraction of sp³-hybridized carbons (Fsp3) is 0.294. The number of halogens is 1. The molecule has 0 spiro atoms. The molecule has 7 heteroatoms. The van der Waals surface area contributed by atoms with Gasteiger partial charge in [0.1, 0.15) is 11.6 Å². The molecule has 0 aliphatic carbocycles. The fourth-order valence-electron chi connectivity index (χ4n) is 2.16. The third-order valence-electron chi connectivity index (χ3n) is 3.40. The number of aliphatic hydroxyl groups excluding tert-OH is 1. The molecule has 1 heterocycles. The van der Waals surface area contributed by atoms with E-state index in [1.807, 2.05) is 0 Å². The molecule has 0 saturated heterocycles. The van der Waals surface area contributed by atoms with Gasteiger partial charge in [0.2, 0.25) is 0 Å². The van der Waals surface area contributed by atoms with Crippen LogP contribution < -0.4 is 10.6 Å². The summed E-state index contributed by atoms with van der Waals surface area (Å²) in [6.07, 6.45) is 2.54. The maximum Gasteiger partial charge on any atom is 0.313 e. The van der Waals surface area contributed by atoms with Crippen LogP contribution in [0, 0.1) is 5.82 Å². The summed E-state index contributed by atoms with van der Waals surface area (Å²) in [5.41, 5.74) is 0.473. The molecule has 1 aromatic carbocycles. The van der Waals surface area contributed by atoms with Crippen molar-refractivity contribution in [3.8, 4) is 11.3 Å². The molecule has 0 radical (unpaired) electrons. The summed E-state index contributed by atoms with van der Waals surface area (Å²) in [7, 11) is 0. The molecule has 2 rings (SSSR count). The lowest BCUT2D eigenvalue weighted by atomic mass is 10.1. The summed E-state index contributed by atoms with van der Waals surface area (Å²) in [5.74, 6) is -1.95. The predicted octanol–water partition coefficient (Wildman–Crippen LogP) is 2.30.